The molecule has 0 saturated heterocycles. The summed E-state index contributed by atoms with van der Waals surface area (Å²) in [5.41, 5.74) is 1.56. The lowest BCUT2D eigenvalue weighted by atomic mass is 9.84. The molecule has 0 fully saturated rings. The fourth-order valence-corrected chi connectivity index (χ4v) is 2.94. The molecule has 2 rings (SSSR count). The van der Waals surface area contributed by atoms with Crippen molar-refractivity contribution in [1.29, 1.82) is 0 Å². The van der Waals surface area contributed by atoms with Crippen molar-refractivity contribution in [2.75, 3.05) is 0 Å². The zero-order valence-corrected chi connectivity index (χ0v) is 14.1. The first-order valence-electron chi connectivity index (χ1n) is 6.96. The summed E-state index contributed by atoms with van der Waals surface area (Å²) in [5.74, 6) is -1.08. The Morgan fingerprint density at radius 3 is 2.68 bits per heavy atom. The van der Waals surface area contributed by atoms with Crippen molar-refractivity contribution in [2.45, 2.75) is 39.2 Å². The highest BCUT2D eigenvalue weighted by molar-refractivity contribution is 6.42. The number of carbonyl (C=O) groups excluding carboxylic acids is 2. The highest BCUT2D eigenvalue weighted by atomic mass is 35.5. The number of hydrogen-bond acceptors (Lipinski definition) is 3. The first-order chi connectivity index (χ1) is 10.3. The van der Waals surface area contributed by atoms with Gasteiger partial charge in [-0.2, -0.15) is 0 Å². The quantitative estimate of drug-likeness (QED) is 0.850. The van der Waals surface area contributed by atoms with Crippen LogP contribution in [-0.2, 0) is 14.3 Å². The van der Waals surface area contributed by atoms with E-state index >= 15 is 0 Å². The van der Waals surface area contributed by atoms with Crippen LogP contribution in [0.15, 0.2) is 29.5 Å². The molecule has 1 heterocycles. The van der Waals surface area contributed by atoms with Crippen LogP contribution in [0.25, 0.3) is 0 Å². The van der Waals surface area contributed by atoms with Crippen molar-refractivity contribution in [3.05, 3.63) is 45.1 Å². The molecule has 118 valence electrons. The predicted octanol–water partition coefficient (Wildman–Crippen LogP) is 3.82. The molecule has 1 N–H and O–H groups in total. The Morgan fingerprint density at radius 2 is 2.05 bits per heavy atom. The maximum Gasteiger partial charge on any atom is 0.336 e. The summed E-state index contributed by atoms with van der Waals surface area (Å²) in [7, 11) is 0. The molecule has 0 spiro atoms. The largest absolute Gasteiger partial charge is 0.460 e. The van der Waals surface area contributed by atoms with Crippen LogP contribution >= 0.6 is 23.2 Å². The zero-order chi connectivity index (χ0) is 16.4. The van der Waals surface area contributed by atoms with Gasteiger partial charge in [-0.25, -0.2) is 4.79 Å². The number of hydrogen-bond donors (Lipinski definition) is 1. The van der Waals surface area contributed by atoms with E-state index in [1.54, 1.807) is 39.0 Å². The number of halogens is 2. The van der Waals surface area contributed by atoms with Gasteiger partial charge in [0.2, 0.25) is 5.91 Å². The molecule has 1 aliphatic heterocycles. The second-order valence-electron chi connectivity index (χ2n) is 5.44. The van der Waals surface area contributed by atoms with E-state index < -0.39 is 11.9 Å². The zero-order valence-electron chi connectivity index (χ0n) is 12.6. The molecule has 1 atom stereocenters. The molecule has 0 aliphatic carbocycles. The SMILES string of the molecule is CC1=C(C(=O)OC(C)C)[C@@H](c2cccc(Cl)c2Cl)CC(=O)N1. The summed E-state index contributed by atoms with van der Waals surface area (Å²) < 4.78 is 5.29. The van der Waals surface area contributed by atoms with Gasteiger partial charge in [-0.05, 0) is 32.4 Å². The van der Waals surface area contributed by atoms with E-state index in [4.69, 9.17) is 27.9 Å². The lowest BCUT2D eigenvalue weighted by Gasteiger charge is -2.27. The summed E-state index contributed by atoms with van der Waals surface area (Å²) in [6.45, 7) is 5.23. The van der Waals surface area contributed by atoms with E-state index in [2.05, 4.69) is 5.32 Å². The highest BCUT2D eigenvalue weighted by Crippen LogP contribution is 2.39. The van der Waals surface area contributed by atoms with Crippen molar-refractivity contribution in [3.8, 4) is 0 Å². The lowest BCUT2D eigenvalue weighted by molar-refractivity contribution is -0.143. The monoisotopic (exact) mass is 341 g/mol. The minimum absolute atomic E-state index is 0.125. The average Bonchev–Trinajstić information content (AvgIpc) is 2.39. The third-order valence-electron chi connectivity index (χ3n) is 3.39. The second-order valence-corrected chi connectivity index (χ2v) is 6.23. The van der Waals surface area contributed by atoms with Gasteiger partial charge in [-0.3, -0.25) is 4.79 Å². The van der Waals surface area contributed by atoms with Gasteiger partial charge in [0.05, 0.1) is 21.7 Å². The molecular formula is C16H17Cl2NO3. The number of rotatable bonds is 3. The van der Waals surface area contributed by atoms with Crippen LogP contribution in [0.1, 0.15) is 38.7 Å². The number of nitrogens with one attached hydrogen (secondary N) is 1. The molecule has 0 unspecified atom stereocenters. The van der Waals surface area contributed by atoms with Crippen LogP contribution in [0.4, 0.5) is 0 Å². The molecule has 1 aromatic carbocycles. The molecule has 4 nitrogen and oxygen atoms in total. The number of allylic oxidation sites excluding steroid dienone is 1. The maximum absolute atomic E-state index is 12.4. The minimum Gasteiger partial charge on any atom is -0.460 e. The summed E-state index contributed by atoms with van der Waals surface area (Å²) in [6, 6.07) is 5.18. The fraction of sp³-hybridized carbons (Fsp3) is 0.375. The normalized spacial score (nSPS) is 18.5. The highest BCUT2D eigenvalue weighted by Gasteiger charge is 2.34. The molecule has 6 heteroatoms. The summed E-state index contributed by atoms with van der Waals surface area (Å²) >= 11 is 12.3. The molecule has 0 bridgehead atoms. The Hall–Kier alpha value is -1.52. The van der Waals surface area contributed by atoms with E-state index in [1.165, 1.54) is 0 Å². The molecule has 0 saturated carbocycles. The average molecular weight is 342 g/mol. The van der Waals surface area contributed by atoms with Gasteiger partial charge in [0.1, 0.15) is 0 Å². The number of benzene rings is 1. The Kier molecular flexibility index (Phi) is 5.14. The van der Waals surface area contributed by atoms with Gasteiger partial charge >= 0.3 is 5.97 Å². The van der Waals surface area contributed by atoms with Crippen LogP contribution in [0.5, 0.6) is 0 Å². The van der Waals surface area contributed by atoms with Crippen molar-refractivity contribution in [3.63, 3.8) is 0 Å². The van der Waals surface area contributed by atoms with Gasteiger partial charge in [-0.15, -0.1) is 0 Å². The van der Waals surface area contributed by atoms with E-state index in [9.17, 15) is 9.59 Å². The summed E-state index contributed by atoms with van der Waals surface area (Å²) in [6.07, 6.45) is -0.124. The van der Waals surface area contributed by atoms with Gasteiger partial charge in [0.15, 0.2) is 0 Å². The Morgan fingerprint density at radius 1 is 1.36 bits per heavy atom. The number of esters is 1. The van der Waals surface area contributed by atoms with Crippen LogP contribution < -0.4 is 5.32 Å². The van der Waals surface area contributed by atoms with E-state index in [-0.39, 0.29) is 18.4 Å². The van der Waals surface area contributed by atoms with Crippen molar-refractivity contribution in [1.82, 2.24) is 5.32 Å². The predicted molar refractivity (Wildman–Crippen MR) is 85.9 cm³/mol. The first-order valence-corrected chi connectivity index (χ1v) is 7.72. The van der Waals surface area contributed by atoms with Gasteiger partial charge < -0.3 is 10.1 Å². The number of ether oxygens (including phenoxy) is 1. The topological polar surface area (TPSA) is 55.4 Å². The molecular weight excluding hydrogens is 325 g/mol. The van der Waals surface area contributed by atoms with E-state index in [0.717, 1.165) is 0 Å². The molecule has 22 heavy (non-hydrogen) atoms. The van der Waals surface area contributed by atoms with Crippen molar-refractivity contribution in [2.24, 2.45) is 0 Å². The van der Waals surface area contributed by atoms with Crippen LogP contribution in [-0.4, -0.2) is 18.0 Å². The molecule has 1 aromatic rings. The van der Waals surface area contributed by atoms with Gasteiger partial charge in [0, 0.05) is 18.0 Å². The summed E-state index contributed by atoms with van der Waals surface area (Å²) in [5, 5.41) is 3.42. The Bertz CT molecular complexity index is 653. The van der Waals surface area contributed by atoms with Gasteiger partial charge in [-0.1, -0.05) is 35.3 Å². The molecule has 0 aromatic heterocycles. The van der Waals surface area contributed by atoms with Crippen LogP contribution in [0.3, 0.4) is 0 Å². The standard InChI is InChI=1S/C16H17Cl2NO3/c1-8(2)22-16(21)14-9(3)19-13(20)7-11(14)10-5-4-6-12(17)15(10)18/h4-6,8,11H,7H2,1-3H3,(H,19,20)/t11-/m1/s1. The van der Waals surface area contributed by atoms with Crippen molar-refractivity contribution < 1.29 is 14.3 Å². The molecule has 1 amide bonds. The van der Waals surface area contributed by atoms with Crippen molar-refractivity contribution >= 4 is 35.1 Å². The molecule has 0 radical (unpaired) electrons. The van der Waals surface area contributed by atoms with Crippen LogP contribution in [0, 0.1) is 0 Å². The minimum atomic E-state index is -0.466. The fourth-order valence-electron chi connectivity index (χ4n) is 2.50. The van der Waals surface area contributed by atoms with Crippen LogP contribution in [0.2, 0.25) is 10.0 Å². The third kappa shape index (κ3) is 3.45. The maximum atomic E-state index is 12.4. The summed E-state index contributed by atoms with van der Waals surface area (Å²) in [4.78, 5) is 24.3. The lowest BCUT2D eigenvalue weighted by Crippen LogP contribution is -2.34. The van der Waals surface area contributed by atoms with E-state index in [1.807, 2.05) is 0 Å². The number of amides is 1. The second kappa shape index (κ2) is 6.71. The number of carbonyl (C=O) groups is 2. The smallest absolute Gasteiger partial charge is 0.336 e. The third-order valence-corrected chi connectivity index (χ3v) is 4.22. The van der Waals surface area contributed by atoms with E-state index in [0.29, 0.717) is 26.9 Å². The molecule has 1 aliphatic rings. The Labute approximate surface area is 139 Å². The van der Waals surface area contributed by atoms with Gasteiger partial charge in [0.25, 0.3) is 0 Å². The Balaban J connectivity index is 2.50. The first kappa shape index (κ1) is 16.8.